The standard InChI is InChI=1S/C33H35N5O2/c1-23-13-15-25(16-14-23)38-31(21-30(37-38)33(2,3)4)36-32(39)35-28-17-18-29(27-12-6-5-11-26(27)28)40-20-8-10-24-9-7-19-34-22-24/h5-7,9,11-19,21-22H,8,10,20H2,1-4H3,(H2,35,36,39). The van der Waals surface area contributed by atoms with E-state index < -0.39 is 0 Å². The maximum atomic E-state index is 13.3. The maximum absolute atomic E-state index is 13.3. The predicted octanol–water partition coefficient (Wildman–Crippen LogP) is 7.68. The summed E-state index contributed by atoms with van der Waals surface area (Å²) in [5.74, 6) is 1.39. The molecule has 2 N–H and O–H groups in total. The van der Waals surface area contributed by atoms with Crippen molar-refractivity contribution in [1.29, 1.82) is 0 Å². The number of nitrogens with one attached hydrogen (secondary N) is 2. The van der Waals surface area contributed by atoms with Gasteiger partial charge in [-0.3, -0.25) is 10.3 Å². The van der Waals surface area contributed by atoms with Gasteiger partial charge in [-0.2, -0.15) is 5.10 Å². The Morgan fingerprint density at radius 3 is 2.42 bits per heavy atom. The molecule has 0 bridgehead atoms. The number of nitrogens with zero attached hydrogens (tertiary/aromatic N) is 3. The lowest BCUT2D eigenvalue weighted by Crippen LogP contribution is -2.21. The smallest absolute Gasteiger partial charge is 0.324 e. The molecule has 0 unspecified atom stereocenters. The summed E-state index contributed by atoms with van der Waals surface area (Å²) < 4.78 is 7.92. The number of anilines is 2. The third kappa shape index (κ3) is 6.31. The highest BCUT2D eigenvalue weighted by atomic mass is 16.5. The molecule has 5 rings (SSSR count). The minimum absolute atomic E-state index is 0.174. The van der Waals surface area contributed by atoms with Gasteiger partial charge < -0.3 is 10.1 Å². The number of hydrogen-bond donors (Lipinski definition) is 2. The van der Waals surface area contributed by atoms with E-state index in [4.69, 9.17) is 9.84 Å². The van der Waals surface area contributed by atoms with Gasteiger partial charge in [-0.25, -0.2) is 9.48 Å². The quantitative estimate of drug-likeness (QED) is 0.200. The van der Waals surface area contributed by atoms with Crippen LogP contribution in [0.1, 0.15) is 44.0 Å². The van der Waals surface area contributed by atoms with Crippen molar-refractivity contribution in [3.8, 4) is 11.4 Å². The van der Waals surface area contributed by atoms with Gasteiger partial charge in [0.2, 0.25) is 0 Å². The van der Waals surface area contributed by atoms with Crippen LogP contribution in [-0.2, 0) is 11.8 Å². The Balaban J connectivity index is 1.32. The van der Waals surface area contributed by atoms with E-state index in [9.17, 15) is 4.79 Å². The van der Waals surface area contributed by atoms with Gasteiger partial charge in [0.05, 0.1) is 23.7 Å². The number of aromatic nitrogens is 3. The molecule has 204 valence electrons. The third-order valence-corrected chi connectivity index (χ3v) is 6.72. The Hall–Kier alpha value is -4.65. The maximum Gasteiger partial charge on any atom is 0.324 e. The number of carbonyl (C=O) groups excluding carboxylic acids is 1. The van der Waals surface area contributed by atoms with Crippen molar-refractivity contribution in [3.63, 3.8) is 0 Å². The van der Waals surface area contributed by atoms with Crippen molar-refractivity contribution in [2.75, 3.05) is 17.2 Å². The summed E-state index contributed by atoms with van der Waals surface area (Å²) in [4.78, 5) is 17.4. The van der Waals surface area contributed by atoms with Crippen LogP contribution in [0.5, 0.6) is 5.75 Å². The zero-order valence-electron chi connectivity index (χ0n) is 23.4. The SMILES string of the molecule is Cc1ccc(-n2nc(C(C)(C)C)cc2NC(=O)Nc2ccc(OCCCc3cccnc3)c3ccccc23)cc1. The molecule has 3 aromatic carbocycles. The van der Waals surface area contributed by atoms with Crippen LogP contribution < -0.4 is 15.4 Å². The molecule has 0 aliphatic heterocycles. The highest BCUT2D eigenvalue weighted by Crippen LogP contribution is 2.32. The van der Waals surface area contributed by atoms with Crippen molar-refractivity contribution >= 4 is 28.3 Å². The molecule has 0 saturated carbocycles. The number of hydrogen-bond acceptors (Lipinski definition) is 4. The fourth-order valence-corrected chi connectivity index (χ4v) is 4.50. The zero-order valence-corrected chi connectivity index (χ0v) is 23.4. The Morgan fingerprint density at radius 2 is 1.70 bits per heavy atom. The molecule has 0 fully saturated rings. The van der Waals surface area contributed by atoms with Gasteiger partial charge in [0, 0.05) is 34.6 Å². The summed E-state index contributed by atoms with van der Waals surface area (Å²) in [5.41, 5.74) is 4.65. The first kappa shape index (κ1) is 26.9. The summed E-state index contributed by atoms with van der Waals surface area (Å²) in [6, 6.07) is 25.4. The van der Waals surface area contributed by atoms with Crippen LogP contribution in [0, 0.1) is 6.92 Å². The largest absolute Gasteiger partial charge is 0.493 e. The van der Waals surface area contributed by atoms with Crippen molar-refractivity contribution in [3.05, 3.63) is 108 Å². The highest BCUT2D eigenvalue weighted by Gasteiger charge is 2.22. The zero-order chi connectivity index (χ0) is 28.1. The van der Waals surface area contributed by atoms with Crippen molar-refractivity contribution < 1.29 is 9.53 Å². The molecule has 2 aromatic heterocycles. The summed E-state index contributed by atoms with van der Waals surface area (Å²) in [7, 11) is 0. The second kappa shape index (κ2) is 11.6. The summed E-state index contributed by atoms with van der Waals surface area (Å²) in [6.45, 7) is 8.95. The molecule has 2 amide bonds. The third-order valence-electron chi connectivity index (χ3n) is 6.72. The lowest BCUT2D eigenvalue weighted by molar-refractivity contribution is 0.262. The van der Waals surface area contributed by atoms with Crippen molar-refractivity contribution in [1.82, 2.24) is 14.8 Å². The number of carbonyl (C=O) groups is 1. The Morgan fingerprint density at radius 1 is 0.925 bits per heavy atom. The lowest BCUT2D eigenvalue weighted by atomic mass is 9.92. The molecule has 7 nitrogen and oxygen atoms in total. The average molecular weight is 534 g/mol. The first-order valence-corrected chi connectivity index (χ1v) is 13.6. The van der Waals surface area contributed by atoms with Crippen LogP contribution in [0.15, 0.2) is 91.3 Å². The highest BCUT2D eigenvalue weighted by molar-refractivity contribution is 6.07. The van der Waals surface area contributed by atoms with E-state index in [2.05, 4.69) is 42.5 Å². The fraction of sp³-hybridized carbons (Fsp3) is 0.242. The molecule has 0 radical (unpaired) electrons. The number of urea groups is 1. The van der Waals surface area contributed by atoms with Crippen LogP contribution in [0.25, 0.3) is 16.5 Å². The minimum Gasteiger partial charge on any atom is -0.493 e. The number of aryl methyl sites for hydroxylation is 2. The fourth-order valence-electron chi connectivity index (χ4n) is 4.50. The van der Waals surface area contributed by atoms with Crippen molar-refractivity contribution in [2.24, 2.45) is 0 Å². The van der Waals surface area contributed by atoms with Crippen LogP contribution in [0.3, 0.4) is 0 Å². The van der Waals surface area contributed by atoms with Crippen LogP contribution >= 0.6 is 0 Å². The van der Waals surface area contributed by atoms with E-state index in [0.29, 0.717) is 18.1 Å². The van der Waals surface area contributed by atoms with E-state index in [1.165, 1.54) is 5.56 Å². The predicted molar refractivity (Wildman–Crippen MR) is 162 cm³/mol. The lowest BCUT2D eigenvalue weighted by Gasteiger charge is -2.14. The minimum atomic E-state index is -0.344. The number of amides is 2. The van der Waals surface area contributed by atoms with Crippen LogP contribution in [0.2, 0.25) is 0 Å². The Kier molecular flexibility index (Phi) is 7.82. The number of pyridine rings is 1. The van der Waals surface area contributed by atoms with Gasteiger partial charge in [0.1, 0.15) is 11.6 Å². The summed E-state index contributed by atoms with van der Waals surface area (Å²) in [6.07, 6.45) is 5.46. The van der Waals surface area contributed by atoms with E-state index in [1.54, 1.807) is 10.9 Å². The van der Waals surface area contributed by atoms with E-state index >= 15 is 0 Å². The first-order valence-electron chi connectivity index (χ1n) is 13.6. The molecule has 0 aliphatic rings. The number of rotatable bonds is 8. The van der Waals surface area contributed by atoms with Gasteiger partial charge >= 0.3 is 6.03 Å². The van der Waals surface area contributed by atoms with Gasteiger partial charge in [-0.05, 0) is 55.7 Å². The van der Waals surface area contributed by atoms with Gasteiger partial charge in [0.15, 0.2) is 0 Å². The molecule has 0 aliphatic carbocycles. The number of fused-ring (bicyclic) bond motifs is 1. The van der Waals surface area contributed by atoms with E-state index in [-0.39, 0.29) is 11.4 Å². The normalized spacial score (nSPS) is 11.4. The second-order valence-electron chi connectivity index (χ2n) is 11.0. The molecule has 7 heteroatoms. The molecule has 0 spiro atoms. The summed E-state index contributed by atoms with van der Waals surface area (Å²) >= 11 is 0. The van der Waals surface area contributed by atoms with Crippen molar-refractivity contribution in [2.45, 2.75) is 46.0 Å². The molecule has 40 heavy (non-hydrogen) atoms. The van der Waals surface area contributed by atoms with Crippen LogP contribution in [0.4, 0.5) is 16.3 Å². The summed E-state index contributed by atoms with van der Waals surface area (Å²) in [5, 5.41) is 12.7. The number of ether oxygens (including phenoxy) is 1. The molecular formula is C33H35N5O2. The second-order valence-corrected chi connectivity index (χ2v) is 11.0. The monoisotopic (exact) mass is 533 g/mol. The topological polar surface area (TPSA) is 81.1 Å². The molecule has 2 heterocycles. The Bertz CT molecular complexity index is 1600. The average Bonchev–Trinajstić information content (AvgIpc) is 3.37. The molecular weight excluding hydrogens is 498 g/mol. The molecule has 0 saturated heterocycles. The first-order chi connectivity index (χ1) is 19.3. The number of benzene rings is 3. The van der Waals surface area contributed by atoms with E-state index in [1.807, 2.05) is 85.9 Å². The van der Waals surface area contributed by atoms with Crippen LogP contribution in [-0.4, -0.2) is 27.4 Å². The van der Waals surface area contributed by atoms with Gasteiger partial charge in [-0.15, -0.1) is 0 Å². The Labute approximate surface area is 235 Å². The van der Waals surface area contributed by atoms with Gasteiger partial charge in [0.25, 0.3) is 0 Å². The van der Waals surface area contributed by atoms with Gasteiger partial charge in [-0.1, -0.05) is 68.8 Å². The molecule has 5 aromatic rings. The molecule has 0 atom stereocenters. The van der Waals surface area contributed by atoms with E-state index in [0.717, 1.165) is 46.3 Å².